The highest BCUT2D eigenvalue weighted by Crippen LogP contribution is 2.31. The molecule has 2 aromatic carbocycles. The van der Waals surface area contributed by atoms with E-state index in [1.807, 2.05) is 19.1 Å². The summed E-state index contributed by atoms with van der Waals surface area (Å²) >= 11 is 0. The number of nitrogens with zero attached hydrogens (tertiary/aromatic N) is 1. The Morgan fingerprint density at radius 1 is 1.00 bits per heavy atom. The molecule has 0 saturated carbocycles. The zero-order valence-electron chi connectivity index (χ0n) is 18.1. The van der Waals surface area contributed by atoms with E-state index in [4.69, 9.17) is 9.47 Å². The second-order valence-corrected chi connectivity index (χ2v) is 8.76. The molecule has 164 valence electrons. The molecule has 0 aromatic heterocycles. The van der Waals surface area contributed by atoms with Crippen molar-refractivity contribution in [1.29, 1.82) is 0 Å². The molecule has 7 nitrogen and oxygen atoms in total. The van der Waals surface area contributed by atoms with Crippen molar-refractivity contribution in [3.63, 3.8) is 0 Å². The number of amides is 1. The molecular formula is C22H30N2O5S. The third-order valence-corrected chi connectivity index (χ3v) is 6.05. The van der Waals surface area contributed by atoms with E-state index < -0.39 is 16.1 Å². The number of nitrogens with one attached hydrogen (secondary N) is 1. The predicted octanol–water partition coefficient (Wildman–Crippen LogP) is 3.52. The van der Waals surface area contributed by atoms with Gasteiger partial charge in [-0.3, -0.25) is 9.10 Å². The Bertz CT molecular complexity index is 947. The standard InChI is InChI=1S/C22H30N2O5S/c1-6-18(16-13-14-20(28-3)21(15-16)29-4)23-22(25)19(7-2)24(30(5,26)27)17-11-9-8-10-12-17/h8-15,18-19H,6-7H2,1-5H3,(H,23,25). The average Bonchev–Trinajstić information content (AvgIpc) is 2.74. The van der Waals surface area contributed by atoms with Crippen molar-refractivity contribution in [1.82, 2.24) is 5.32 Å². The summed E-state index contributed by atoms with van der Waals surface area (Å²) in [7, 11) is -0.550. The van der Waals surface area contributed by atoms with E-state index in [0.29, 0.717) is 30.0 Å². The van der Waals surface area contributed by atoms with Crippen molar-refractivity contribution in [2.24, 2.45) is 0 Å². The molecule has 0 aliphatic carbocycles. The van der Waals surface area contributed by atoms with Crippen LogP contribution in [-0.2, 0) is 14.8 Å². The van der Waals surface area contributed by atoms with Crippen LogP contribution in [0.1, 0.15) is 38.3 Å². The fraction of sp³-hybridized carbons (Fsp3) is 0.409. The van der Waals surface area contributed by atoms with Gasteiger partial charge in [0, 0.05) is 0 Å². The molecule has 0 aliphatic heterocycles. The molecule has 0 saturated heterocycles. The number of methoxy groups -OCH3 is 2. The van der Waals surface area contributed by atoms with Crippen LogP contribution in [0.15, 0.2) is 48.5 Å². The molecule has 2 unspecified atom stereocenters. The molecule has 0 bridgehead atoms. The van der Waals surface area contributed by atoms with E-state index in [1.165, 1.54) is 4.31 Å². The fourth-order valence-electron chi connectivity index (χ4n) is 3.39. The second kappa shape index (κ2) is 10.3. The molecule has 2 atom stereocenters. The monoisotopic (exact) mass is 434 g/mol. The molecular weight excluding hydrogens is 404 g/mol. The highest BCUT2D eigenvalue weighted by atomic mass is 32.2. The summed E-state index contributed by atoms with van der Waals surface area (Å²) in [6.45, 7) is 3.75. The maximum Gasteiger partial charge on any atom is 0.244 e. The van der Waals surface area contributed by atoms with Gasteiger partial charge in [0.1, 0.15) is 6.04 Å². The Morgan fingerprint density at radius 3 is 2.13 bits per heavy atom. The first-order chi connectivity index (χ1) is 14.3. The normalized spacial score (nSPS) is 13.2. The summed E-state index contributed by atoms with van der Waals surface area (Å²) in [5.74, 6) is 0.811. The second-order valence-electron chi connectivity index (χ2n) is 6.90. The number of rotatable bonds is 10. The van der Waals surface area contributed by atoms with E-state index in [1.54, 1.807) is 57.5 Å². The Balaban J connectivity index is 2.34. The van der Waals surface area contributed by atoms with Crippen molar-refractivity contribution >= 4 is 21.6 Å². The van der Waals surface area contributed by atoms with Crippen molar-refractivity contribution in [3.8, 4) is 11.5 Å². The molecule has 2 rings (SSSR count). The van der Waals surface area contributed by atoms with Crippen molar-refractivity contribution < 1.29 is 22.7 Å². The first-order valence-electron chi connectivity index (χ1n) is 9.83. The lowest BCUT2D eigenvalue weighted by atomic mass is 10.0. The van der Waals surface area contributed by atoms with E-state index in [9.17, 15) is 13.2 Å². The number of carbonyl (C=O) groups excluding carboxylic acids is 1. The van der Waals surface area contributed by atoms with Gasteiger partial charge in [0.05, 0.1) is 32.2 Å². The fourth-order valence-corrected chi connectivity index (χ4v) is 4.61. The van der Waals surface area contributed by atoms with E-state index >= 15 is 0 Å². The van der Waals surface area contributed by atoms with Crippen LogP contribution >= 0.6 is 0 Å². The summed E-state index contributed by atoms with van der Waals surface area (Å²) < 4.78 is 36.9. The van der Waals surface area contributed by atoms with Gasteiger partial charge in [0.25, 0.3) is 0 Å². The number of sulfonamides is 1. The minimum absolute atomic E-state index is 0.302. The molecule has 0 radical (unpaired) electrons. The zero-order chi connectivity index (χ0) is 22.3. The summed E-state index contributed by atoms with van der Waals surface area (Å²) in [6.07, 6.45) is 2.07. The molecule has 2 aromatic rings. The number of carbonyl (C=O) groups is 1. The molecule has 0 fully saturated rings. The van der Waals surface area contributed by atoms with Crippen LogP contribution in [0.2, 0.25) is 0 Å². The minimum Gasteiger partial charge on any atom is -0.493 e. The van der Waals surface area contributed by atoms with E-state index in [0.717, 1.165) is 11.8 Å². The van der Waals surface area contributed by atoms with Gasteiger partial charge in [-0.25, -0.2) is 8.42 Å². The average molecular weight is 435 g/mol. The van der Waals surface area contributed by atoms with Crippen LogP contribution in [0, 0.1) is 0 Å². The number of ether oxygens (including phenoxy) is 2. The number of hydrogen-bond acceptors (Lipinski definition) is 5. The van der Waals surface area contributed by atoms with Crippen LogP contribution in [0.5, 0.6) is 11.5 Å². The van der Waals surface area contributed by atoms with Gasteiger partial charge in [-0.15, -0.1) is 0 Å². The number of benzene rings is 2. The van der Waals surface area contributed by atoms with Crippen LogP contribution in [0.3, 0.4) is 0 Å². The lowest BCUT2D eigenvalue weighted by Crippen LogP contribution is -2.50. The largest absolute Gasteiger partial charge is 0.493 e. The van der Waals surface area contributed by atoms with Crippen molar-refractivity contribution in [2.45, 2.75) is 38.8 Å². The summed E-state index contributed by atoms with van der Waals surface area (Å²) in [4.78, 5) is 13.2. The van der Waals surface area contributed by atoms with Gasteiger partial charge >= 0.3 is 0 Å². The van der Waals surface area contributed by atoms with Gasteiger partial charge in [-0.2, -0.15) is 0 Å². The molecule has 0 aliphatic rings. The van der Waals surface area contributed by atoms with E-state index in [-0.39, 0.29) is 11.9 Å². The molecule has 8 heteroatoms. The van der Waals surface area contributed by atoms with Gasteiger partial charge < -0.3 is 14.8 Å². The Kier molecular flexibility index (Phi) is 8.11. The van der Waals surface area contributed by atoms with Gasteiger partial charge in [0.15, 0.2) is 11.5 Å². The third kappa shape index (κ3) is 5.44. The first kappa shape index (κ1) is 23.5. The summed E-state index contributed by atoms with van der Waals surface area (Å²) in [6, 6.07) is 13.0. The SMILES string of the molecule is CCC(NC(=O)C(CC)N(c1ccccc1)S(C)(=O)=O)c1ccc(OC)c(OC)c1. The quantitative estimate of drug-likeness (QED) is 0.618. The first-order valence-corrected chi connectivity index (χ1v) is 11.7. The number of anilines is 1. The Morgan fingerprint density at radius 2 is 1.63 bits per heavy atom. The lowest BCUT2D eigenvalue weighted by molar-refractivity contribution is -0.123. The molecule has 0 spiro atoms. The minimum atomic E-state index is -3.67. The van der Waals surface area contributed by atoms with Crippen LogP contribution in [0.4, 0.5) is 5.69 Å². The highest BCUT2D eigenvalue weighted by Gasteiger charge is 2.32. The van der Waals surface area contributed by atoms with Crippen molar-refractivity contribution in [2.75, 3.05) is 24.8 Å². The lowest BCUT2D eigenvalue weighted by Gasteiger charge is -2.31. The molecule has 1 amide bonds. The maximum absolute atomic E-state index is 13.2. The highest BCUT2D eigenvalue weighted by molar-refractivity contribution is 7.92. The van der Waals surface area contributed by atoms with E-state index in [2.05, 4.69) is 5.32 Å². The summed E-state index contributed by atoms with van der Waals surface area (Å²) in [5.41, 5.74) is 1.31. The maximum atomic E-state index is 13.2. The number of hydrogen-bond donors (Lipinski definition) is 1. The topological polar surface area (TPSA) is 84.9 Å². The van der Waals surface area contributed by atoms with Gasteiger partial charge in [-0.1, -0.05) is 38.1 Å². The predicted molar refractivity (Wildman–Crippen MR) is 119 cm³/mol. The Hall–Kier alpha value is -2.74. The van der Waals surface area contributed by atoms with Crippen LogP contribution < -0.4 is 19.1 Å². The van der Waals surface area contributed by atoms with Gasteiger partial charge in [0.2, 0.25) is 15.9 Å². The Labute approximate surface area is 179 Å². The molecule has 1 N–H and O–H groups in total. The zero-order valence-corrected chi connectivity index (χ0v) is 18.9. The van der Waals surface area contributed by atoms with Crippen LogP contribution in [0.25, 0.3) is 0 Å². The smallest absolute Gasteiger partial charge is 0.244 e. The van der Waals surface area contributed by atoms with Gasteiger partial charge in [-0.05, 0) is 42.7 Å². The van der Waals surface area contributed by atoms with Crippen molar-refractivity contribution in [3.05, 3.63) is 54.1 Å². The van der Waals surface area contributed by atoms with Crippen LogP contribution in [-0.4, -0.2) is 40.8 Å². The number of para-hydroxylation sites is 1. The molecule has 30 heavy (non-hydrogen) atoms. The third-order valence-electron chi connectivity index (χ3n) is 4.88. The summed E-state index contributed by atoms with van der Waals surface area (Å²) in [5, 5.41) is 3.00. The molecule has 0 heterocycles.